The first-order chi connectivity index (χ1) is 9.65. The molecule has 2 aromatic rings. The van der Waals surface area contributed by atoms with Crippen LogP contribution in [0.3, 0.4) is 0 Å². The lowest BCUT2D eigenvalue weighted by atomic mass is 10.0. The van der Waals surface area contributed by atoms with Crippen molar-refractivity contribution in [3.05, 3.63) is 58.9 Å². The molecule has 0 amide bonds. The molecule has 1 atom stereocenters. The van der Waals surface area contributed by atoms with Crippen LogP contribution >= 0.6 is 11.6 Å². The highest BCUT2D eigenvalue weighted by Gasteiger charge is 2.28. The number of carbonyl (C=O) groups is 1. The summed E-state index contributed by atoms with van der Waals surface area (Å²) < 4.78 is 19.4. The monoisotopic (exact) mass is 291 g/mol. The van der Waals surface area contributed by atoms with Crippen LogP contribution in [0.2, 0.25) is 5.02 Å². The molecular formula is C15H11ClFNO2. The van der Waals surface area contributed by atoms with Gasteiger partial charge in [-0.1, -0.05) is 23.7 Å². The molecule has 3 nitrogen and oxygen atoms in total. The van der Waals surface area contributed by atoms with Crippen LogP contribution in [-0.2, 0) is 0 Å². The zero-order chi connectivity index (χ0) is 14.1. The molecule has 2 aromatic carbocycles. The van der Waals surface area contributed by atoms with Crippen LogP contribution in [0.1, 0.15) is 10.4 Å². The van der Waals surface area contributed by atoms with Gasteiger partial charge in [-0.25, -0.2) is 4.39 Å². The van der Waals surface area contributed by atoms with Crippen LogP contribution in [0.15, 0.2) is 42.5 Å². The number of carbonyl (C=O) groups excluding carboxylic acids is 1. The number of para-hydroxylation sites is 2. The fourth-order valence-electron chi connectivity index (χ4n) is 2.12. The Balaban J connectivity index is 1.86. The fraction of sp³-hybridized carbons (Fsp3) is 0.133. The number of Topliss-reactive ketones (excluding diaryl/α,β-unsaturated/α-hetero) is 1. The Bertz CT molecular complexity index is 675. The van der Waals surface area contributed by atoms with Crippen molar-refractivity contribution < 1.29 is 13.9 Å². The first kappa shape index (κ1) is 12.9. The largest absolute Gasteiger partial charge is 0.478 e. The van der Waals surface area contributed by atoms with E-state index in [4.69, 9.17) is 16.3 Å². The molecule has 1 unspecified atom stereocenters. The highest BCUT2D eigenvalue weighted by molar-refractivity contribution is 6.30. The second-order valence-electron chi connectivity index (χ2n) is 4.47. The van der Waals surface area contributed by atoms with Crippen molar-refractivity contribution in [1.82, 2.24) is 0 Å². The molecule has 3 rings (SSSR count). The van der Waals surface area contributed by atoms with Crippen LogP contribution in [0.5, 0.6) is 5.75 Å². The first-order valence-electron chi connectivity index (χ1n) is 6.14. The number of halogens is 2. The lowest BCUT2D eigenvalue weighted by Gasteiger charge is -2.26. The van der Waals surface area contributed by atoms with Gasteiger partial charge in [0.1, 0.15) is 11.6 Å². The van der Waals surface area contributed by atoms with Gasteiger partial charge in [0.2, 0.25) is 5.78 Å². The molecular weight excluding hydrogens is 281 g/mol. The molecule has 0 spiro atoms. The maximum absolute atomic E-state index is 13.8. The summed E-state index contributed by atoms with van der Waals surface area (Å²) in [4.78, 5) is 12.3. The first-order valence-corrected chi connectivity index (χ1v) is 6.52. The van der Waals surface area contributed by atoms with Gasteiger partial charge >= 0.3 is 0 Å². The predicted octanol–water partition coefficient (Wildman–Crippen LogP) is 3.53. The lowest BCUT2D eigenvalue weighted by Crippen LogP contribution is -2.38. The van der Waals surface area contributed by atoms with Crippen molar-refractivity contribution in [2.24, 2.45) is 0 Å². The quantitative estimate of drug-likeness (QED) is 0.860. The number of hydrogen-bond donors (Lipinski definition) is 1. The van der Waals surface area contributed by atoms with E-state index in [0.29, 0.717) is 12.3 Å². The smallest absolute Gasteiger partial charge is 0.208 e. The van der Waals surface area contributed by atoms with E-state index in [-0.39, 0.29) is 10.6 Å². The molecule has 1 aliphatic rings. The van der Waals surface area contributed by atoms with Crippen molar-refractivity contribution in [1.29, 1.82) is 0 Å². The molecule has 102 valence electrons. The summed E-state index contributed by atoms with van der Waals surface area (Å²) in [6.45, 7) is 0.303. The molecule has 0 aromatic heterocycles. The number of hydrogen-bond acceptors (Lipinski definition) is 3. The van der Waals surface area contributed by atoms with Crippen LogP contribution in [0.4, 0.5) is 10.1 Å². The number of rotatable bonds is 2. The standard InChI is InChI=1S/C15H11ClFNO2/c16-9-5-6-10(11(17)7-9)15(19)14-8-18-12-3-1-2-4-13(12)20-14/h1-7,14,18H,8H2. The highest BCUT2D eigenvalue weighted by atomic mass is 35.5. The minimum Gasteiger partial charge on any atom is -0.478 e. The van der Waals surface area contributed by atoms with Crippen molar-refractivity contribution in [3.63, 3.8) is 0 Å². The molecule has 20 heavy (non-hydrogen) atoms. The molecule has 0 aliphatic carbocycles. The fourth-order valence-corrected chi connectivity index (χ4v) is 2.28. The Morgan fingerprint density at radius 1 is 1.30 bits per heavy atom. The van der Waals surface area contributed by atoms with E-state index in [0.717, 1.165) is 11.8 Å². The molecule has 0 radical (unpaired) electrons. The number of fused-ring (bicyclic) bond motifs is 1. The Hall–Kier alpha value is -2.07. The molecule has 1 aliphatic heterocycles. The van der Waals surface area contributed by atoms with E-state index in [1.165, 1.54) is 12.1 Å². The van der Waals surface area contributed by atoms with Crippen LogP contribution in [0, 0.1) is 5.82 Å². The van der Waals surface area contributed by atoms with Gasteiger partial charge in [-0.15, -0.1) is 0 Å². The van der Waals surface area contributed by atoms with Crippen molar-refractivity contribution in [2.45, 2.75) is 6.10 Å². The summed E-state index contributed by atoms with van der Waals surface area (Å²) >= 11 is 5.68. The van der Waals surface area contributed by atoms with Crippen molar-refractivity contribution >= 4 is 23.1 Å². The van der Waals surface area contributed by atoms with E-state index in [9.17, 15) is 9.18 Å². The summed E-state index contributed by atoms with van der Waals surface area (Å²) in [5, 5.41) is 3.36. The van der Waals surface area contributed by atoms with E-state index >= 15 is 0 Å². The second kappa shape index (κ2) is 5.13. The van der Waals surface area contributed by atoms with E-state index < -0.39 is 17.7 Å². The third-order valence-electron chi connectivity index (χ3n) is 3.12. The number of anilines is 1. The molecule has 5 heteroatoms. The van der Waals surface area contributed by atoms with Gasteiger partial charge in [0.05, 0.1) is 17.8 Å². The van der Waals surface area contributed by atoms with Crippen molar-refractivity contribution in [2.75, 3.05) is 11.9 Å². The Labute approximate surface area is 120 Å². The van der Waals surface area contributed by atoms with Gasteiger partial charge in [-0.05, 0) is 30.3 Å². The Morgan fingerprint density at radius 2 is 2.10 bits per heavy atom. The summed E-state index contributed by atoms with van der Waals surface area (Å²) in [6.07, 6.45) is -0.749. The minimum absolute atomic E-state index is 0.0134. The maximum Gasteiger partial charge on any atom is 0.208 e. The Kier molecular flexibility index (Phi) is 3.32. The number of nitrogens with one attached hydrogen (secondary N) is 1. The molecule has 0 fully saturated rings. The zero-order valence-corrected chi connectivity index (χ0v) is 11.2. The molecule has 0 bridgehead atoms. The van der Waals surface area contributed by atoms with Gasteiger partial charge in [0.25, 0.3) is 0 Å². The van der Waals surface area contributed by atoms with Crippen LogP contribution in [0.25, 0.3) is 0 Å². The normalized spacial score (nSPS) is 16.8. The van der Waals surface area contributed by atoms with Gasteiger partial charge in [0, 0.05) is 5.02 Å². The molecule has 1 N–H and O–H groups in total. The number of ether oxygens (including phenoxy) is 1. The van der Waals surface area contributed by atoms with Crippen LogP contribution in [-0.4, -0.2) is 18.4 Å². The van der Waals surface area contributed by atoms with E-state index in [1.807, 2.05) is 18.2 Å². The number of benzene rings is 2. The van der Waals surface area contributed by atoms with Gasteiger partial charge < -0.3 is 10.1 Å². The third-order valence-corrected chi connectivity index (χ3v) is 3.36. The average molecular weight is 292 g/mol. The Morgan fingerprint density at radius 3 is 2.90 bits per heavy atom. The highest BCUT2D eigenvalue weighted by Crippen LogP contribution is 2.29. The lowest BCUT2D eigenvalue weighted by molar-refractivity contribution is 0.0797. The molecule has 1 heterocycles. The number of ketones is 1. The van der Waals surface area contributed by atoms with Gasteiger partial charge in [-0.3, -0.25) is 4.79 Å². The van der Waals surface area contributed by atoms with E-state index in [1.54, 1.807) is 6.07 Å². The topological polar surface area (TPSA) is 38.3 Å². The summed E-state index contributed by atoms with van der Waals surface area (Å²) in [5.74, 6) is -0.447. The summed E-state index contributed by atoms with van der Waals surface area (Å²) in [5.41, 5.74) is 0.814. The summed E-state index contributed by atoms with van der Waals surface area (Å²) in [7, 11) is 0. The van der Waals surface area contributed by atoms with Crippen LogP contribution < -0.4 is 10.1 Å². The van der Waals surface area contributed by atoms with E-state index in [2.05, 4.69) is 5.32 Å². The average Bonchev–Trinajstić information content (AvgIpc) is 2.46. The SMILES string of the molecule is O=C(c1ccc(Cl)cc1F)C1CNc2ccccc2O1. The summed E-state index contributed by atoms with van der Waals surface area (Å²) in [6, 6.07) is 11.3. The minimum atomic E-state index is -0.749. The molecule has 0 saturated carbocycles. The van der Waals surface area contributed by atoms with Crippen molar-refractivity contribution in [3.8, 4) is 5.75 Å². The van der Waals surface area contributed by atoms with Gasteiger partial charge in [-0.2, -0.15) is 0 Å². The maximum atomic E-state index is 13.8. The van der Waals surface area contributed by atoms with Gasteiger partial charge in [0.15, 0.2) is 6.10 Å². The second-order valence-corrected chi connectivity index (χ2v) is 4.91. The molecule has 0 saturated heterocycles. The zero-order valence-electron chi connectivity index (χ0n) is 10.4. The predicted molar refractivity (Wildman–Crippen MR) is 75.1 cm³/mol. The third kappa shape index (κ3) is 2.34.